The molecule has 1 heterocycles. The van der Waals surface area contributed by atoms with Crippen LogP contribution in [0.1, 0.15) is 11.4 Å². The van der Waals surface area contributed by atoms with Gasteiger partial charge in [0.05, 0.1) is 5.69 Å². The molecule has 0 amide bonds. The molecule has 0 radical (unpaired) electrons. The van der Waals surface area contributed by atoms with Gasteiger partial charge in [0.1, 0.15) is 0 Å². The fraction of sp³-hybridized carbons (Fsp3) is 0.300. The van der Waals surface area contributed by atoms with Gasteiger partial charge in [-0.05, 0) is 19.1 Å². The van der Waals surface area contributed by atoms with Crippen molar-refractivity contribution >= 4 is 0 Å². The monoisotopic (exact) mass is 162 g/mol. The number of aromatic nitrogens is 1. The quantitative estimate of drug-likeness (QED) is 0.538. The van der Waals surface area contributed by atoms with E-state index in [2.05, 4.69) is 16.9 Å². The van der Waals surface area contributed by atoms with Crippen LogP contribution in [-0.2, 0) is 6.54 Å². The summed E-state index contributed by atoms with van der Waals surface area (Å²) in [4.78, 5) is 4.35. The van der Waals surface area contributed by atoms with Gasteiger partial charge in [-0.25, -0.2) is 0 Å². The van der Waals surface area contributed by atoms with Gasteiger partial charge in [0.15, 0.2) is 0 Å². The normalized spacial score (nSPS) is 9.75. The Balaban J connectivity index is 2.46. The maximum atomic E-state index is 4.35. The zero-order valence-electron chi connectivity index (χ0n) is 7.38. The summed E-state index contributed by atoms with van der Waals surface area (Å²) in [5.74, 6) is 0. The molecule has 0 atom stereocenters. The maximum Gasteiger partial charge on any atom is 0.0544 e. The van der Waals surface area contributed by atoms with Gasteiger partial charge in [0.25, 0.3) is 0 Å². The Morgan fingerprint density at radius 1 is 1.58 bits per heavy atom. The molecule has 0 aliphatic heterocycles. The summed E-state index contributed by atoms with van der Waals surface area (Å²) in [5, 5.41) is 3.20. The van der Waals surface area contributed by atoms with Gasteiger partial charge in [-0.15, -0.1) is 6.58 Å². The van der Waals surface area contributed by atoms with Crippen molar-refractivity contribution in [2.24, 2.45) is 0 Å². The Labute approximate surface area is 73.3 Å². The van der Waals surface area contributed by atoms with Crippen LogP contribution in [0.25, 0.3) is 0 Å². The highest BCUT2D eigenvalue weighted by atomic mass is 14.9. The molecule has 2 nitrogen and oxygen atoms in total. The first kappa shape index (κ1) is 8.94. The highest BCUT2D eigenvalue weighted by molar-refractivity contribution is 5.09. The van der Waals surface area contributed by atoms with Crippen LogP contribution in [0.15, 0.2) is 30.9 Å². The first-order valence-corrected chi connectivity index (χ1v) is 4.07. The summed E-state index contributed by atoms with van der Waals surface area (Å²) in [6, 6.07) is 6.04. The van der Waals surface area contributed by atoms with Crippen molar-refractivity contribution in [1.29, 1.82) is 0 Å². The van der Waals surface area contributed by atoms with E-state index in [1.807, 2.05) is 31.2 Å². The van der Waals surface area contributed by atoms with Crippen LogP contribution >= 0.6 is 0 Å². The lowest BCUT2D eigenvalue weighted by Crippen LogP contribution is -2.13. The number of nitrogens with zero attached hydrogens (tertiary/aromatic N) is 1. The van der Waals surface area contributed by atoms with Crippen molar-refractivity contribution in [3.63, 3.8) is 0 Å². The Hall–Kier alpha value is -1.15. The van der Waals surface area contributed by atoms with Crippen LogP contribution in [0.5, 0.6) is 0 Å². The van der Waals surface area contributed by atoms with Crippen molar-refractivity contribution in [2.75, 3.05) is 6.54 Å². The average molecular weight is 162 g/mol. The summed E-state index contributed by atoms with van der Waals surface area (Å²) >= 11 is 0. The molecule has 2 heteroatoms. The van der Waals surface area contributed by atoms with E-state index in [1.54, 1.807) is 0 Å². The summed E-state index contributed by atoms with van der Waals surface area (Å²) in [7, 11) is 0. The van der Waals surface area contributed by atoms with Gasteiger partial charge in [0.2, 0.25) is 0 Å². The third kappa shape index (κ3) is 2.84. The van der Waals surface area contributed by atoms with Crippen LogP contribution < -0.4 is 5.32 Å². The molecule has 0 bridgehead atoms. The van der Waals surface area contributed by atoms with Crippen molar-refractivity contribution in [2.45, 2.75) is 13.5 Å². The van der Waals surface area contributed by atoms with Gasteiger partial charge >= 0.3 is 0 Å². The number of aryl methyl sites for hydroxylation is 1. The molecular weight excluding hydrogens is 148 g/mol. The molecule has 0 fully saturated rings. The SMILES string of the molecule is C=CCNCc1cccc(C)n1. The zero-order chi connectivity index (χ0) is 8.81. The number of rotatable bonds is 4. The van der Waals surface area contributed by atoms with E-state index in [9.17, 15) is 0 Å². The van der Waals surface area contributed by atoms with Crippen LogP contribution in [0.3, 0.4) is 0 Å². The van der Waals surface area contributed by atoms with Crippen molar-refractivity contribution in [3.05, 3.63) is 42.2 Å². The first-order valence-electron chi connectivity index (χ1n) is 4.07. The highest BCUT2D eigenvalue weighted by Gasteiger charge is 1.91. The Kier molecular flexibility index (Phi) is 3.48. The lowest BCUT2D eigenvalue weighted by Gasteiger charge is -2.01. The topological polar surface area (TPSA) is 24.9 Å². The Morgan fingerprint density at radius 2 is 2.42 bits per heavy atom. The van der Waals surface area contributed by atoms with Gasteiger partial charge in [-0.3, -0.25) is 4.98 Å². The van der Waals surface area contributed by atoms with Gasteiger partial charge in [0, 0.05) is 18.8 Å². The van der Waals surface area contributed by atoms with E-state index in [-0.39, 0.29) is 0 Å². The molecule has 0 unspecified atom stereocenters. The van der Waals surface area contributed by atoms with Crippen LogP contribution in [0.2, 0.25) is 0 Å². The molecule has 0 aromatic carbocycles. The number of pyridine rings is 1. The van der Waals surface area contributed by atoms with Gasteiger partial charge in [-0.2, -0.15) is 0 Å². The van der Waals surface area contributed by atoms with Crippen LogP contribution in [0.4, 0.5) is 0 Å². The number of nitrogens with one attached hydrogen (secondary N) is 1. The largest absolute Gasteiger partial charge is 0.308 e. The fourth-order valence-corrected chi connectivity index (χ4v) is 1.00. The van der Waals surface area contributed by atoms with Crippen molar-refractivity contribution < 1.29 is 0 Å². The first-order chi connectivity index (χ1) is 5.83. The van der Waals surface area contributed by atoms with Crippen molar-refractivity contribution in [1.82, 2.24) is 10.3 Å². The molecule has 0 saturated heterocycles. The minimum Gasteiger partial charge on any atom is -0.308 e. The predicted molar refractivity (Wildman–Crippen MR) is 50.9 cm³/mol. The predicted octanol–water partition coefficient (Wildman–Crippen LogP) is 1.67. The summed E-state index contributed by atoms with van der Waals surface area (Å²) in [6.45, 7) is 7.27. The Bertz CT molecular complexity index is 256. The molecule has 0 spiro atoms. The molecule has 12 heavy (non-hydrogen) atoms. The van der Waals surface area contributed by atoms with E-state index in [0.717, 1.165) is 24.5 Å². The summed E-state index contributed by atoms with van der Waals surface area (Å²) in [6.07, 6.45) is 1.84. The summed E-state index contributed by atoms with van der Waals surface area (Å²) < 4.78 is 0. The minimum atomic E-state index is 0.813. The van der Waals surface area contributed by atoms with Crippen LogP contribution in [0, 0.1) is 6.92 Å². The second kappa shape index (κ2) is 4.67. The smallest absolute Gasteiger partial charge is 0.0544 e. The third-order valence-electron chi connectivity index (χ3n) is 1.54. The zero-order valence-corrected chi connectivity index (χ0v) is 7.38. The molecular formula is C10H14N2. The fourth-order valence-electron chi connectivity index (χ4n) is 1.00. The molecule has 0 aliphatic rings. The van der Waals surface area contributed by atoms with Gasteiger partial charge in [-0.1, -0.05) is 12.1 Å². The maximum absolute atomic E-state index is 4.35. The Morgan fingerprint density at radius 3 is 3.08 bits per heavy atom. The van der Waals surface area contributed by atoms with E-state index in [1.165, 1.54) is 0 Å². The number of hydrogen-bond donors (Lipinski definition) is 1. The standard InChI is InChI=1S/C10H14N2/c1-3-7-11-8-10-6-4-5-9(2)12-10/h3-6,11H,1,7-8H2,2H3. The summed E-state index contributed by atoms with van der Waals surface area (Å²) in [5.41, 5.74) is 2.14. The molecule has 1 aromatic heterocycles. The lowest BCUT2D eigenvalue weighted by atomic mass is 10.3. The molecule has 0 aliphatic carbocycles. The minimum absolute atomic E-state index is 0.813. The third-order valence-corrected chi connectivity index (χ3v) is 1.54. The van der Waals surface area contributed by atoms with E-state index < -0.39 is 0 Å². The molecule has 1 rings (SSSR count). The molecule has 64 valence electrons. The van der Waals surface area contributed by atoms with E-state index in [0.29, 0.717) is 0 Å². The highest BCUT2D eigenvalue weighted by Crippen LogP contribution is 1.96. The van der Waals surface area contributed by atoms with Gasteiger partial charge < -0.3 is 5.32 Å². The lowest BCUT2D eigenvalue weighted by molar-refractivity contribution is 0.738. The molecule has 1 N–H and O–H groups in total. The second-order valence-corrected chi connectivity index (χ2v) is 2.69. The number of hydrogen-bond acceptors (Lipinski definition) is 2. The average Bonchev–Trinajstić information content (AvgIpc) is 2.05. The second-order valence-electron chi connectivity index (χ2n) is 2.69. The molecule has 0 saturated carbocycles. The van der Waals surface area contributed by atoms with E-state index >= 15 is 0 Å². The van der Waals surface area contributed by atoms with Crippen LogP contribution in [-0.4, -0.2) is 11.5 Å². The molecule has 1 aromatic rings. The van der Waals surface area contributed by atoms with E-state index in [4.69, 9.17) is 0 Å². The van der Waals surface area contributed by atoms with Crippen molar-refractivity contribution in [3.8, 4) is 0 Å².